The molecule has 1 aromatic heterocycles. The molecule has 0 aliphatic heterocycles. The van der Waals surface area contributed by atoms with E-state index in [-0.39, 0.29) is 0 Å². The van der Waals surface area contributed by atoms with Gasteiger partial charge in [-0.2, -0.15) is 0 Å². The van der Waals surface area contributed by atoms with Crippen LogP contribution in [0, 0.1) is 0 Å². The topological polar surface area (TPSA) is 56.2 Å². The van der Waals surface area contributed by atoms with Crippen molar-refractivity contribution in [3.05, 3.63) is 42.5 Å². The van der Waals surface area contributed by atoms with E-state index in [9.17, 15) is 4.79 Å². The molecule has 2 rings (SSSR count). The number of hydrogen-bond acceptors (Lipinski definition) is 4. The van der Waals surface area contributed by atoms with Crippen molar-refractivity contribution in [3.63, 3.8) is 0 Å². The second kappa shape index (κ2) is 7.55. The maximum Gasteiger partial charge on any atom is 0.407 e. The quantitative estimate of drug-likeness (QED) is 0.848. The third-order valence-electron chi connectivity index (χ3n) is 3.10. The van der Waals surface area contributed by atoms with Crippen molar-refractivity contribution >= 4 is 17.9 Å². The molecule has 0 unspecified atom stereocenters. The highest BCUT2D eigenvalue weighted by Gasteiger charge is 2.15. The third kappa shape index (κ3) is 5.32. The van der Waals surface area contributed by atoms with Crippen LogP contribution in [0.15, 0.2) is 41.7 Å². The van der Waals surface area contributed by atoms with E-state index >= 15 is 0 Å². The maximum absolute atomic E-state index is 11.7. The molecule has 0 spiro atoms. The Kier molecular flexibility index (Phi) is 5.71. The lowest BCUT2D eigenvalue weighted by atomic mass is 10.2. The van der Waals surface area contributed by atoms with Gasteiger partial charge < -0.3 is 14.6 Å². The lowest BCUT2D eigenvalue weighted by molar-refractivity contribution is 0.0528. The molecule has 0 aliphatic rings. The number of imidazole rings is 1. The number of nitrogens with zero attached hydrogens (tertiary/aromatic N) is 2. The van der Waals surface area contributed by atoms with Gasteiger partial charge >= 0.3 is 6.09 Å². The van der Waals surface area contributed by atoms with Gasteiger partial charge in [-0.15, -0.1) is 11.8 Å². The lowest BCUT2D eigenvalue weighted by Crippen LogP contribution is -2.33. The molecule has 1 N–H and O–H groups in total. The summed E-state index contributed by atoms with van der Waals surface area (Å²) in [5.41, 5.74) is 1.63. The predicted molar refractivity (Wildman–Crippen MR) is 93.3 cm³/mol. The van der Waals surface area contributed by atoms with E-state index < -0.39 is 11.7 Å². The molecule has 0 atom stereocenters. The number of thioether (sulfide) groups is 1. The number of carbonyl (C=O) groups is 1. The Morgan fingerprint density at radius 3 is 2.87 bits per heavy atom. The highest BCUT2D eigenvalue weighted by molar-refractivity contribution is 7.98. The van der Waals surface area contributed by atoms with Gasteiger partial charge in [0, 0.05) is 35.4 Å². The number of alkyl carbamates (subject to hydrolysis) is 1. The standard InChI is InChI=1S/C17H23N3O2S/c1-17(2,3)22-16(21)19-9-8-14-11-18-12-20(14)13-6-5-7-15(10-13)23-4/h5-7,10-12H,8-9H2,1-4H3,(H,19,21). The summed E-state index contributed by atoms with van der Waals surface area (Å²) in [7, 11) is 0. The first-order valence-corrected chi connectivity index (χ1v) is 8.74. The summed E-state index contributed by atoms with van der Waals surface area (Å²) in [5.74, 6) is 0. The van der Waals surface area contributed by atoms with Crippen LogP contribution in [-0.2, 0) is 11.2 Å². The molecular weight excluding hydrogens is 310 g/mol. The van der Waals surface area contributed by atoms with Crippen LogP contribution >= 0.6 is 11.8 Å². The van der Waals surface area contributed by atoms with Crippen molar-refractivity contribution in [1.29, 1.82) is 0 Å². The van der Waals surface area contributed by atoms with Crippen molar-refractivity contribution in [2.24, 2.45) is 0 Å². The molecule has 23 heavy (non-hydrogen) atoms. The second-order valence-corrected chi connectivity index (χ2v) is 7.01. The molecule has 0 radical (unpaired) electrons. The highest BCUT2D eigenvalue weighted by Crippen LogP contribution is 2.19. The number of ether oxygens (including phenoxy) is 1. The molecule has 0 fully saturated rings. The Balaban J connectivity index is 1.97. The first-order chi connectivity index (χ1) is 10.9. The minimum absolute atomic E-state index is 0.395. The van der Waals surface area contributed by atoms with Crippen LogP contribution in [0.2, 0.25) is 0 Å². The molecule has 124 valence electrons. The Morgan fingerprint density at radius 2 is 2.17 bits per heavy atom. The van der Waals surface area contributed by atoms with Gasteiger partial charge in [0.1, 0.15) is 5.60 Å². The fourth-order valence-corrected chi connectivity index (χ4v) is 2.56. The Bertz CT molecular complexity index is 662. The fourth-order valence-electron chi connectivity index (χ4n) is 2.11. The highest BCUT2D eigenvalue weighted by atomic mass is 32.2. The molecule has 1 aromatic carbocycles. The molecule has 5 nitrogen and oxygen atoms in total. The maximum atomic E-state index is 11.7. The molecule has 0 bridgehead atoms. The summed E-state index contributed by atoms with van der Waals surface area (Å²) in [4.78, 5) is 17.1. The second-order valence-electron chi connectivity index (χ2n) is 6.14. The molecule has 6 heteroatoms. The van der Waals surface area contributed by atoms with Gasteiger partial charge in [0.2, 0.25) is 0 Å². The number of carbonyl (C=O) groups excluding carboxylic acids is 1. The zero-order valence-electron chi connectivity index (χ0n) is 14.0. The average molecular weight is 333 g/mol. The minimum atomic E-state index is -0.482. The van der Waals surface area contributed by atoms with Gasteiger partial charge in [-0.25, -0.2) is 9.78 Å². The largest absolute Gasteiger partial charge is 0.444 e. The number of amides is 1. The monoisotopic (exact) mass is 333 g/mol. The minimum Gasteiger partial charge on any atom is -0.444 e. The zero-order valence-corrected chi connectivity index (χ0v) is 14.8. The number of aromatic nitrogens is 2. The van der Waals surface area contributed by atoms with Crippen molar-refractivity contribution < 1.29 is 9.53 Å². The molecule has 0 saturated heterocycles. The Hall–Kier alpha value is -1.95. The van der Waals surface area contributed by atoms with Crippen molar-refractivity contribution in [3.8, 4) is 5.69 Å². The molecule has 0 saturated carbocycles. The SMILES string of the molecule is CSc1cccc(-n2cncc2CCNC(=O)OC(C)(C)C)c1. The van der Waals surface area contributed by atoms with E-state index in [4.69, 9.17) is 4.74 Å². The Morgan fingerprint density at radius 1 is 1.39 bits per heavy atom. The van der Waals surface area contributed by atoms with E-state index in [0.717, 1.165) is 11.4 Å². The van der Waals surface area contributed by atoms with Crippen LogP contribution in [0.1, 0.15) is 26.5 Å². The molecule has 2 aromatic rings. The molecule has 1 amide bonds. The van der Waals surface area contributed by atoms with Crippen LogP contribution in [-0.4, -0.2) is 34.0 Å². The van der Waals surface area contributed by atoms with Crippen LogP contribution in [0.25, 0.3) is 5.69 Å². The van der Waals surface area contributed by atoms with Crippen LogP contribution in [0.3, 0.4) is 0 Å². The van der Waals surface area contributed by atoms with E-state index in [1.807, 2.05) is 43.7 Å². The smallest absolute Gasteiger partial charge is 0.407 e. The van der Waals surface area contributed by atoms with Gasteiger partial charge in [-0.05, 0) is 45.2 Å². The van der Waals surface area contributed by atoms with Crippen molar-refractivity contribution in [1.82, 2.24) is 14.9 Å². The van der Waals surface area contributed by atoms with Gasteiger partial charge in [0.05, 0.1) is 6.33 Å². The van der Waals surface area contributed by atoms with Crippen LogP contribution in [0.4, 0.5) is 4.79 Å². The summed E-state index contributed by atoms with van der Waals surface area (Å²) in [6.07, 6.45) is 5.96. The molecular formula is C17H23N3O2S. The molecule has 0 aliphatic carbocycles. The Labute approximate surface area is 141 Å². The van der Waals surface area contributed by atoms with E-state index in [2.05, 4.69) is 28.7 Å². The lowest BCUT2D eigenvalue weighted by Gasteiger charge is -2.19. The van der Waals surface area contributed by atoms with Gasteiger partial charge in [0.25, 0.3) is 0 Å². The number of nitrogens with one attached hydrogen (secondary N) is 1. The first kappa shape index (κ1) is 17.4. The van der Waals surface area contributed by atoms with E-state index in [1.165, 1.54) is 4.90 Å². The van der Waals surface area contributed by atoms with E-state index in [1.54, 1.807) is 18.1 Å². The number of hydrogen-bond donors (Lipinski definition) is 1. The number of benzene rings is 1. The van der Waals surface area contributed by atoms with Gasteiger partial charge in [0.15, 0.2) is 0 Å². The third-order valence-corrected chi connectivity index (χ3v) is 3.82. The number of rotatable bonds is 5. The summed E-state index contributed by atoms with van der Waals surface area (Å²) in [6, 6.07) is 8.28. The predicted octanol–water partition coefficient (Wildman–Crippen LogP) is 3.66. The summed E-state index contributed by atoms with van der Waals surface area (Å²) in [6.45, 7) is 6.05. The van der Waals surface area contributed by atoms with Gasteiger partial charge in [-0.3, -0.25) is 0 Å². The summed E-state index contributed by atoms with van der Waals surface area (Å²) < 4.78 is 7.27. The van der Waals surface area contributed by atoms with Crippen molar-refractivity contribution in [2.45, 2.75) is 37.7 Å². The molecule has 1 heterocycles. The van der Waals surface area contributed by atoms with Crippen molar-refractivity contribution in [2.75, 3.05) is 12.8 Å². The summed E-state index contributed by atoms with van der Waals surface area (Å²) >= 11 is 1.71. The van der Waals surface area contributed by atoms with Gasteiger partial charge in [-0.1, -0.05) is 6.07 Å². The normalized spacial score (nSPS) is 11.3. The van der Waals surface area contributed by atoms with E-state index in [0.29, 0.717) is 13.0 Å². The zero-order chi connectivity index (χ0) is 16.9. The van der Waals surface area contributed by atoms with Crippen LogP contribution < -0.4 is 5.32 Å². The average Bonchev–Trinajstić information content (AvgIpc) is 2.94. The fraction of sp³-hybridized carbons (Fsp3) is 0.412. The van der Waals surface area contributed by atoms with Crippen LogP contribution in [0.5, 0.6) is 0 Å². The summed E-state index contributed by atoms with van der Waals surface area (Å²) in [5, 5.41) is 2.77. The first-order valence-electron chi connectivity index (χ1n) is 7.51.